The van der Waals surface area contributed by atoms with Crippen LogP contribution in [0.2, 0.25) is 0 Å². The number of hydrogen-bond donors (Lipinski definition) is 2. The van der Waals surface area contributed by atoms with Gasteiger partial charge in [0.2, 0.25) is 10.0 Å². The van der Waals surface area contributed by atoms with Crippen LogP contribution >= 0.6 is 0 Å². The summed E-state index contributed by atoms with van der Waals surface area (Å²) >= 11 is 0. The molecular formula is C23H28F3N5O3S. The van der Waals surface area contributed by atoms with Crippen LogP contribution in [0.25, 0.3) is 0 Å². The summed E-state index contributed by atoms with van der Waals surface area (Å²) in [4.78, 5) is 20.2. The highest BCUT2D eigenvalue weighted by Crippen LogP contribution is 2.42. The van der Waals surface area contributed by atoms with E-state index in [9.17, 15) is 26.4 Å². The second kappa shape index (κ2) is 10.2. The molecule has 4 rings (SSSR count). The van der Waals surface area contributed by atoms with Gasteiger partial charge in [0.05, 0.1) is 17.6 Å². The molecule has 190 valence electrons. The van der Waals surface area contributed by atoms with Crippen molar-refractivity contribution < 1.29 is 26.4 Å². The van der Waals surface area contributed by atoms with Crippen molar-refractivity contribution in [2.24, 2.45) is 11.7 Å². The van der Waals surface area contributed by atoms with Gasteiger partial charge in [-0.15, -0.1) is 0 Å². The van der Waals surface area contributed by atoms with Gasteiger partial charge in [-0.1, -0.05) is 0 Å². The lowest BCUT2D eigenvalue weighted by Crippen LogP contribution is -2.51. The van der Waals surface area contributed by atoms with Gasteiger partial charge in [-0.25, -0.2) is 26.6 Å². The molecule has 0 saturated carbocycles. The first-order chi connectivity index (χ1) is 16.5. The van der Waals surface area contributed by atoms with Crippen molar-refractivity contribution in [3.63, 3.8) is 0 Å². The number of nitrogens with zero attached hydrogens (tertiary/aromatic N) is 3. The summed E-state index contributed by atoms with van der Waals surface area (Å²) in [5.74, 6) is -4.05. The number of fused-ring (bicyclic) bond motifs is 2. The Morgan fingerprint density at radius 2 is 1.77 bits per heavy atom. The Bertz CT molecular complexity index is 1180. The molecule has 12 heteroatoms. The van der Waals surface area contributed by atoms with Crippen LogP contribution in [0.4, 0.5) is 13.2 Å². The molecule has 0 radical (unpaired) electrons. The van der Waals surface area contributed by atoms with E-state index in [0.29, 0.717) is 37.4 Å². The van der Waals surface area contributed by atoms with E-state index in [1.807, 2.05) is 0 Å². The standard InChI is InChI=1S/C23H28F3N5O3S/c1-13-11-30-22(12-29-13)23(32)28-4-5-35(33,34)31-16-2-3-17(31)7-15(6-16)21(27)9-14-8-19(25)20(26)10-18(14)24/h8,10-12,15-17,21H,2-7,9,27H2,1H3,(H,28,32)/t15?,16-,17+,21-/m1/s1. The molecule has 4 atom stereocenters. The number of aromatic nitrogens is 2. The van der Waals surface area contributed by atoms with Gasteiger partial charge in [-0.2, -0.15) is 4.31 Å². The molecule has 8 nitrogen and oxygen atoms in total. The molecule has 3 N–H and O–H groups in total. The van der Waals surface area contributed by atoms with Crippen molar-refractivity contribution in [2.45, 2.75) is 57.2 Å². The van der Waals surface area contributed by atoms with E-state index in [4.69, 9.17) is 5.73 Å². The largest absolute Gasteiger partial charge is 0.350 e. The topological polar surface area (TPSA) is 118 Å². The van der Waals surface area contributed by atoms with Crippen molar-refractivity contribution in [1.82, 2.24) is 19.6 Å². The number of sulfonamides is 1. The third kappa shape index (κ3) is 5.65. The number of halogens is 3. The number of aryl methyl sites for hydroxylation is 1. The maximum atomic E-state index is 14.1. The maximum Gasteiger partial charge on any atom is 0.271 e. The van der Waals surface area contributed by atoms with Crippen molar-refractivity contribution in [1.29, 1.82) is 0 Å². The fourth-order valence-electron chi connectivity index (χ4n) is 5.12. The van der Waals surface area contributed by atoms with Gasteiger partial charge in [-0.3, -0.25) is 9.78 Å². The quantitative estimate of drug-likeness (QED) is 0.524. The lowest BCUT2D eigenvalue weighted by atomic mass is 9.83. The third-order valence-electron chi connectivity index (χ3n) is 6.83. The number of carbonyl (C=O) groups excluding carboxylic acids is 1. The summed E-state index contributed by atoms with van der Waals surface area (Å²) in [5.41, 5.74) is 7.10. The summed E-state index contributed by atoms with van der Waals surface area (Å²) in [6, 6.07) is 0.360. The van der Waals surface area contributed by atoms with Gasteiger partial charge in [0.1, 0.15) is 11.5 Å². The Balaban J connectivity index is 1.34. The lowest BCUT2D eigenvalue weighted by molar-refractivity contribution is 0.0950. The van der Waals surface area contributed by atoms with Crippen molar-refractivity contribution in [2.75, 3.05) is 12.3 Å². The van der Waals surface area contributed by atoms with Gasteiger partial charge in [0, 0.05) is 36.9 Å². The number of nitrogens with two attached hydrogens (primary N) is 1. The smallest absolute Gasteiger partial charge is 0.271 e. The van der Waals surface area contributed by atoms with Crippen LogP contribution in [-0.4, -0.2) is 59.0 Å². The number of amides is 1. The van der Waals surface area contributed by atoms with Gasteiger partial charge in [0.25, 0.3) is 5.91 Å². The second-order valence-electron chi connectivity index (χ2n) is 9.29. The summed E-state index contributed by atoms with van der Waals surface area (Å²) in [5, 5.41) is 2.57. The molecule has 2 aromatic rings. The molecule has 35 heavy (non-hydrogen) atoms. The summed E-state index contributed by atoms with van der Waals surface area (Å²) in [6.07, 6.45) is 5.23. The van der Waals surface area contributed by atoms with E-state index in [1.54, 1.807) is 6.92 Å². The minimum atomic E-state index is -3.64. The van der Waals surface area contributed by atoms with Crippen LogP contribution in [0.3, 0.4) is 0 Å². The van der Waals surface area contributed by atoms with E-state index in [2.05, 4.69) is 15.3 Å². The number of carbonyl (C=O) groups is 1. The minimum Gasteiger partial charge on any atom is -0.350 e. The number of benzene rings is 1. The summed E-state index contributed by atoms with van der Waals surface area (Å²) in [6.45, 7) is 1.68. The van der Waals surface area contributed by atoms with E-state index in [0.717, 1.165) is 6.07 Å². The van der Waals surface area contributed by atoms with Crippen LogP contribution in [0.1, 0.15) is 47.4 Å². The number of rotatable bonds is 8. The van der Waals surface area contributed by atoms with E-state index >= 15 is 0 Å². The van der Waals surface area contributed by atoms with Gasteiger partial charge in [-0.05, 0) is 56.6 Å². The fourth-order valence-corrected chi connectivity index (χ4v) is 6.98. The summed E-state index contributed by atoms with van der Waals surface area (Å²) in [7, 11) is -3.64. The second-order valence-corrected chi connectivity index (χ2v) is 11.3. The van der Waals surface area contributed by atoms with Crippen molar-refractivity contribution in [3.05, 3.63) is 58.9 Å². The molecule has 1 aromatic carbocycles. The van der Waals surface area contributed by atoms with Crippen LogP contribution in [0, 0.1) is 30.3 Å². The molecule has 2 saturated heterocycles. The molecule has 1 amide bonds. The monoisotopic (exact) mass is 511 g/mol. The highest BCUT2D eigenvalue weighted by molar-refractivity contribution is 7.89. The number of nitrogens with one attached hydrogen (secondary N) is 1. The van der Waals surface area contributed by atoms with Crippen LogP contribution in [0.5, 0.6) is 0 Å². The minimum absolute atomic E-state index is 0.00723. The predicted molar refractivity (Wildman–Crippen MR) is 122 cm³/mol. The van der Waals surface area contributed by atoms with Crippen LogP contribution < -0.4 is 11.1 Å². The Labute approximate surface area is 202 Å². The van der Waals surface area contributed by atoms with Crippen molar-refractivity contribution >= 4 is 15.9 Å². The van der Waals surface area contributed by atoms with Crippen molar-refractivity contribution in [3.8, 4) is 0 Å². The molecule has 0 spiro atoms. The van der Waals surface area contributed by atoms with Gasteiger partial charge < -0.3 is 11.1 Å². The fraction of sp³-hybridized carbons (Fsp3) is 0.522. The molecular weight excluding hydrogens is 483 g/mol. The Hall–Kier alpha value is -2.57. The normalized spacial score (nSPS) is 23.3. The molecule has 1 unspecified atom stereocenters. The average molecular weight is 512 g/mol. The first kappa shape index (κ1) is 25.5. The van der Waals surface area contributed by atoms with Crippen LogP contribution in [-0.2, 0) is 16.4 Å². The molecule has 2 bridgehead atoms. The highest BCUT2D eigenvalue weighted by Gasteiger charge is 2.47. The molecule has 2 fully saturated rings. The van der Waals surface area contributed by atoms with Gasteiger partial charge >= 0.3 is 0 Å². The van der Waals surface area contributed by atoms with E-state index < -0.39 is 39.4 Å². The summed E-state index contributed by atoms with van der Waals surface area (Å²) < 4.78 is 68.5. The third-order valence-corrected chi connectivity index (χ3v) is 8.79. The van der Waals surface area contributed by atoms with Crippen LogP contribution in [0.15, 0.2) is 24.5 Å². The van der Waals surface area contributed by atoms with E-state index in [1.165, 1.54) is 16.7 Å². The molecule has 1 aromatic heterocycles. The zero-order valence-corrected chi connectivity index (χ0v) is 20.1. The zero-order chi connectivity index (χ0) is 25.3. The first-order valence-corrected chi connectivity index (χ1v) is 13.1. The Kier molecular flexibility index (Phi) is 7.43. The Morgan fingerprint density at radius 1 is 1.11 bits per heavy atom. The molecule has 0 aliphatic carbocycles. The Morgan fingerprint density at radius 3 is 2.40 bits per heavy atom. The predicted octanol–water partition coefficient (Wildman–Crippen LogP) is 2.07. The lowest BCUT2D eigenvalue weighted by Gasteiger charge is -2.40. The maximum absolute atomic E-state index is 14.1. The van der Waals surface area contributed by atoms with Gasteiger partial charge in [0.15, 0.2) is 11.6 Å². The number of hydrogen-bond acceptors (Lipinski definition) is 6. The molecule has 2 aliphatic rings. The SMILES string of the molecule is Cc1cnc(C(=O)NCCS(=O)(=O)N2[C@@H]3CC[C@H]2CC([C@H](N)Cc2cc(F)c(F)cc2F)C3)cn1. The molecule has 3 heterocycles. The molecule has 2 aliphatic heterocycles. The average Bonchev–Trinajstić information content (AvgIpc) is 3.08. The zero-order valence-electron chi connectivity index (χ0n) is 19.3. The highest BCUT2D eigenvalue weighted by atomic mass is 32.2. The number of piperidine rings is 1. The van der Waals surface area contributed by atoms with E-state index in [-0.39, 0.29) is 48.0 Å². The first-order valence-electron chi connectivity index (χ1n) is 11.5.